The van der Waals surface area contributed by atoms with Crippen molar-refractivity contribution in [2.24, 2.45) is 7.05 Å². The van der Waals surface area contributed by atoms with Crippen molar-refractivity contribution in [2.75, 3.05) is 0 Å². The fourth-order valence-electron chi connectivity index (χ4n) is 1.60. The highest BCUT2D eigenvalue weighted by Gasteiger charge is 2.21. The van der Waals surface area contributed by atoms with Gasteiger partial charge in [-0.1, -0.05) is 11.6 Å². The van der Waals surface area contributed by atoms with Crippen LogP contribution in [0.25, 0.3) is 0 Å². The van der Waals surface area contributed by atoms with Gasteiger partial charge in [-0.15, -0.1) is 11.3 Å². The number of hydrogen-bond acceptors (Lipinski definition) is 4. The lowest BCUT2D eigenvalue weighted by molar-refractivity contribution is 0.562. The van der Waals surface area contributed by atoms with Crippen molar-refractivity contribution in [2.45, 2.75) is 18.5 Å². The minimum Gasteiger partial charge on any atom is -0.256 e. The number of nitrogens with one attached hydrogen (secondary N) is 1. The van der Waals surface area contributed by atoms with Crippen LogP contribution in [0.3, 0.4) is 0 Å². The molecule has 2 aromatic heterocycles. The van der Waals surface area contributed by atoms with Crippen LogP contribution in [0.15, 0.2) is 23.4 Å². The van der Waals surface area contributed by atoms with Crippen LogP contribution in [-0.4, -0.2) is 18.2 Å². The van der Waals surface area contributed by atoms with E-state index in [1.807, 2.05) is 0 Å². The molecule has 0 saturated carbocycles. The smallest absolute Gasteiger partial charge is 0.256 e. The number of nitrogens with zero attached hydrogens (tertiary/aromatic N) is 2. The lowest BCUT2D eigenvalue weighted by Crippen LogP contribution is -2.25. The predicted molar refractivity (Wildman–Crippen MR) is 71.3 cm³/mol. The summed E-state index contributed by atoms with van der Waals surface area (Å²) in [5.74, 6) is 0. The van der Waals surface area contributed by atoms with Crippen LogP contribution < -0.4 is 4.72 Å². The summed E-state index contributed by atoms with van der Waals surface area (Å²) >= 11 is 7.14. The summed E-state index contributed by atoms with van der Waals surface area (Å²) in [5, 5.41) is 4.11. The van der Waals surface area contributed by atoms with E-state index >= 15 is 0 Å². The zero-order chi connectivity index (χ0) is 13.3. The van der Waals surface area contributed by atoms with Crippen LogP contribution in [0, 0.1) is 6.92 Å². The maximum absolute atomic E-state index is 12.1. The number of thiophene rings is 1. The van der Waals surface area contributed by atoms with E-state index in [4.69, 9.17) is 11.6 Å². The molecule has 0 fully saturated rings. The van der Waals surface area contributed by atoms with Gasteiger partial charge in [-0.25, -0.2) is 13.1 Å². The van der Waals surface area contributed by atoms with Crippen LogP contribution in [0.2, 0.25) is 4.34 Å². The van der Waals surface area contributed by atoms with Crippen LogP contribution in [0.5, 0.6) is 0 Å². The first-order chi connectivity index (χ1) is 8.40. The molecule has 2 heterocycles. The molecule has 8 heteroatoms. The van der Waals surface area contributed by atoms with Gasteiger partial charge in [0.2, 0.25) is 0 Å². The van der Waals surface area contributed by atoms with Crippen molar-refractivity contribution in [1.29, 1.82) is 0 Å². The molecular weight excluding hydrogens is 294 g/mol. The van der Waals surface area contributed by atoms with Gasteiger partial charge in [-0.3, -0.25) is 4.68 Å². The molecular formula is C10H12ClN3O2S2. The molecule has 2 rings (SSSR count). The molecule has 0 radical (unpaired) electrons. The number of aryl methyl sites for hydroxylation is 2. The van der Waals surface area contributed by atoms with Gasteiger partial charge < -0.3 is 0 Å². The van der Waals surface area contributed by atoms with Gasteiger partial charge >= 0.3 is 0 Å². The Morgan fingerprint density at radius 1 is 1.50 bits per heavy atom. The van der Waals surface area contributed by atoms with E-state index in [9.17, 15) is 8.42 Å². The highest BCUT2D eigenvalue weighted by molar-refractivity contribution is 7.89. The molecule has 0 saturated heterocycles. The molecule has 0 aromatic carbocycles. The van der Waals surface area contributed by atoms with Crippen molar-refractivity contribution >= 4 is 33.0 Å². The molecule has 5 nitrogen and oxygen atoms in total. The summed E-state index contributed by atoms with van der Waals surface area (Å²) in [6, 6.07) is 3.54. The number of rotatable bonds is 4. The fourth-order valence-corrected chi connectivity index (χ4v) is 4.08. The maximum atomic E-state index is 12.1. The first kappa shape index (κ1) is 13.5. The van der Waals surface area contributed by atoms with Crippen molar-refractivity contribution in [3.05, 3.63) is 33.1 Å². The monoisotopic (exact) mass is 305 g/mol. The zero-order valence-corrected chi connectivity index (χ0v) is 12.2. The number of aromatic nitrogens is 2. The first-order valence-electron chi connectivity index (χ1n) is 5.12. The van der Waals surface area contributed by atoms with Gasteiger partial charge in [-0.2, -0.15) is 5.10 Å². The first-order valence-corrected chi connectivity index (χ1v) is 7.80. The summed E-state index contributed by atoms with van der Waals surface area (Å²) < 4.78 is 28.8. The summed E-state index contributed by atoms with van der Waals surface area (Å²) in [5.41, 5.74) is 0.620. The molecule has 0 bridgehead atoms. The van der Waals surface area contributed by atoms with Crippen molar-refractivity contribution in [1.82, 2.24) is 14.5 Å². The second-order valence-electron chi connectivity index (χ2n) is 3.79. The Labute approximate surface area is 114 Å². The Morgan fingerprint density at radius 2 is 2.22 bits per heavy atom. The molecule has 2 aromatic rings. The Balaban J connectivity index is 2.18. The molecule has 98 valence electrons. The topological polar surface area (TPSA) is 64.0 Å². The average Bonchev–Trinajstić information content (AvgIpc) is 2.83. The lowest BCUT2D eigenvalue weighted by atomic mass is 10.4. The van der Waals surface area contributed by atoms with Gasteiger partial charge in [0.05, 0.1) is 10.5 Å². The minimum atomic E-state index is -3.55. The quantitative estimate of drug-likeness (QED) is 0.938. The van der Waals surface area contributed by atoms with Gasteiger partial charge in [0.15, 0.2) is 5.03 Å². The van der Waals surface area contributed by atoms with Crippen molar-refractivity contribution in [3.8, 4) is 0 Å². The maximum Gasteiger partial charge on any atom is 0.258 e. The summed E-state index contributed by atoms with van der Waals surface area (Å²) in [6.45, 7) is 1.94. The predicted octanol–water partition coefficient (Wildman–Crippen LogP) is 1.92. The van der Waals surface area contributed by atoms with Crippen molar-refractivity contribution < 1.29 is 8.42 Å². The molecule has 0 spiro atoms. The van der Waals surface area contributed by atoms with Crippen LogP contribution in [-0.2, 0) is 23.6 Å². The molecule has 0 aliphatic carbocycles. The van der Waals surface area contributed by atoms with E-state index in [1.54, 1.807) is 26.1 Å². The molecule has 1 N–H and O–H groups in total. The van der Waals surface area contributed by atoms with Crippen molar-refractivity contribution in [3.63, 3.8) is 0 Å². The Morgan fingerprint density at radius 3 is 2.72 bits per heavy atom. The SMILES string of the molecule is Cc1cnn(C)c1S(=O)(=O)NCc1ccc(Cl)s1. The normalized spacial score (nSPS) is 11.9. The van der Waals surface area contributed by atoms with Gasteiger partial charge in [0.25, 0.3) is 10.0 Å². The Bertz CT molecular complexity index is 641. The number of hydrogen-bond donors (Lipinski definition) is 1. The second kappa shape index (κ2) is 5.00. The van der Waals surface area contributed by atoms with Gasteiger partial charge in [-0.05, 0) is 19.1 Å². The lowest BCUT2D eigenvalue weighted by Gasteiger charge is -2.06. The summed E-state index contributed by atoms with van der Waals surface area (Å²) in [4.78, 5) is 0.864. The molecule has 0 aliphatic rings. The van der Waals surface area contributed by atoms with E-state index < -0.39 is 10.0 Å². The minimum absolute atomic E-state index is 0.185. The van der Waals surface area contributed by atoms with Gasteiger partial charge in [0.1, 0.15) is 0 Å². The molecule has 0 unspecified atom stereocenters. The highest BCUT2D eigenvalue weighted by atomic mass is 35.5. The number of halogens is 1. The van der Waals surface area contributed by atoms with Crippen LogP contribution >= 0.6 is 22.9 Å². The third-order valence-electron chi connectivity index (χ3n) is 2.38. The van der Waals surface area contributed by atoms with E-state index in [0.29, 0.717) is 9.90 Å². The fraction of sp³-hybridized carbons (Fsp3) is 0.300. The number of sulfonamides is 1. The zero-order valence-electron chi connectivity index (χ0n) is 9.84. The summed E-state index contributed by atoms with van der Waals surface area (Å²) in [6.07, 6.45) is 1.52. The van der Waals surface area contributed by atoms with Crippen LogP contribution in [0.4, 0.5) is 0 Å². The standard InChI is InChI=1S/C10H12ClN3O2S2/c1-7-5-12-14(2)10(7)18(15,16)13-6-8-3-4-9(11)17-8/h3-5,13H,6H2,1-2H3. The Hall–Kier alpha value is -0.890. The van der Waals surface area contributed by atoms with E-state index in [0.717, 1.165) is 4.88 Å². The molecule has 18 heavy (non-hydrogen) atoms. The van der Waals surface area contributed by atoms with E-state index in [2.05, 4.69) is 9.82 Å². The Kier molecular flexibility index (Phi) is 3.76. The molecule has 0 aliphatic heterocycles. The third kappa shape index (κ3) is 2.74. The third-order valence-corrected chi connectivity index (χ3v) is 5.23. The largest absolute Gasteiger partial charge is 0.258 e. The van der Waals surface area contributed by atoms with E-state index in [-0.39, 0.29) is 11.6 Å². The molecule has 0 amide bonds. The second-order valence-corrected chi connectivity index (χ2v) is 7.27. The highest BCUT2D eigenvalue weighted by Crippen LogP contribution is 2.22. The van der Waals surface area contributed by atoms with E-state index in [1.165, 1.54) is 22.2 Å². The van der Waals surface area contributed by atoms with Crippen LogP contribution in [0.1, 0.15) is 10.4 Å². The molecule has 0 atom stereocenters. The van der Waals surface area contributed by atoms with Gasteiger partial charge in [0, 0.05) is 24.0 Å². The average molecular weight is 306 g/mol. The summed E-state index contributed by atoms with van der Waals surface area (Å²) in [7, 11) is -1.95.